The Kier molecular flexibility index (Phi) is 9.23. The lowest BCUT2D eigenvalue weighted by molar-refractivity contribution is -0.155. The van der Waals surface area contributed by atoms with Crippen LogP contribution in [0.5, 0.6) is 0 Å². The molecule has 25 heavy (non-hydrogen) atoms. The van der Waals surface area contributed by atoms with E-state index < -0.39 is 0 Å². The summed E-state index contributed by atoms with van der Waals surface area (Å²) in [5.74, 6) is 0.313. The lowest BCUT2D eigenvalue weighted by Gasteiger charge is -2.40. The van der Waals surface area contributed by atoms with Crippen molar-refractivity contribution in [1.29, 1.82) is 0 Å². The molecule has 1 aliphatic rings. The molecule has 3 atom stereocenters. The Balaban J connectivity index is 0.00000312. The Morgan fingerprint density at radius 2 is 1.92 bits per heavy atom. The van der Waals surface area contributed by atoms with Gasteiger partial charge in [0.1, 0.15) is 6.10 Å². The summed E-state index contributed by atoms with van der Waals surface area (Å²) in [6.45, 7) is 10.7. The molecule has 0 radical (unpaired) electrons. The topological polar surface area (TPSA) is 29.5 Å². The molecule has 1 aromatic carbocycles. The lowest BCUT2D eigenvalue weighted by Crippen LogP contribution is -2.48. The molecule has 2 rings (SSSR count). The van der Waals surface area contributed by atoms with Crippen molar-refractivity contribution in [3.05, 3.63) is 47.5 Å². The molecule has 1 saturated heterocycles. The maximum atomic E-state index is 12.2. The monoisotopic (exact) mass is 365 g/mol. The van der Waals surface area contributed by atoms with Crippen LogP contribution in [0.1, 0.15) is 46.1 Å². The zero-order valence-electron chi connectivity index (χ0n) is 15.9. The van der Waals surface area contributed by atoms with E-state index in [1.165, 1.54) is 11.1 Å². The summed E-state index contributed by atoms with van der Waals surface area (Å²) in [5, 5.41) is 0. The summed E-state index contributed by atoms with van der Waals surface area (Å²) in [7, 11) is 0. The second-order valence-corrected chi connectivity index (χ2v) is 7.31. The molecule has 1 aliphatic heterocycles. The molecule has 140 valence electrons. The average Bonchev–Trinajstić information content (AvgIpc) is 2.55. The summed E-state index contributed by atoms with van der Waals surface area (Å²) in [6, 6.07) is 10.6. The Labute approximate surface area is 158 Å². The van der Waals surface area contributed by atoms with Crippen molar-refractivity contribution in [2.75, 3.05) is 13.1 Å². The van der Waals surface area contributed by atoms with Crippen LogP contribution in [0.2, 0.25) is 0 Å². The normalized spacial score (nSPS) is 23.4. The van der Waals surface area contributed by atoms with Crippen LogP contribution < -0.4 is 0 Å². The van der Waals surface area contributed by atoms with E-state index in [-0.39, 0.29) is 24.5 Å². The van der Waals surface area contributed by atoms with E-state index in [9.17, 15) is 4.79 Å². The number of hydrogen-bond acceptors (Lipinski definition) is 3. The first-order valence-electron chi connectivity index (χ1n) is 9.06. The first-order chi connectivity index (χ1) is 11.5. The van der Waals surface area contributed by atoms with Crippen LogP contribution in [0.3, 0.4) is 0 Å². The minimum absolute atomic E-state index is 0. The van der Waals surface area contributed by atoms with Gasteiger partial charge in [-0.05, 0) is 39.2 Å². The van der Waals surface area contributed by atoms with E-state index >= 15 is 0 Å². The number of carbonyl (C=O) groups is 1. The number of aryl methyl sites for hydroxylation is 1. The number of likely N-dealkylation sites (tertiary alicyclic amines) is 1. The van der Waals surface area contributed by atoms with Crippen molar-refractivity contribution >= 4 is 18.4 Å². The second kappa shape index (κ2) is 10.6. The van der Waals surface area contributed by atoms with E-state index in [2.05, 4.69) is 50.8 Å². The Bertz CT molecular complexity index is 554. The highest BCUT2D eigenvalue weighted by molar-refractivity contribution is 5.85. The summed E-state index contributed by atoms with van der Waals surface area (Å²) in [5.41, 5.74) is 2.54. The van der Waals surface area contributed by atoms with Gasteiger partial charge in [-0.1, -0.05) is 48.9 Å². The number of piperidine rings is 1. The van der Waals surface area contributed by atoms with Crippen molar-refractivity contribution in [2.24, 2.45) is 5.92 Å². The molecule has 0 aliphatic carbocycles. The minimum Gasteiger partial charge on any atom is -0.462 e. The number of ether oxygens (including phenoxy) is 1. The fourth-order valence-corrected chi connectivity index (χ4v) is 3.22. The smallest absolute Gasteiger partial charge is 0.306 e. The van der Waals surface area contributed by atoms with Gasteiger partial charge in [0.2, 0.25) is 0 Å². The molecule has 0 N–H and O–H groups in total. The SMILES string of the molecule is CC(C)=CCN1CC(C)C(OC(=O)CCc2ccccc2)CC1C.Cl. The number of allylic oxidation sites excluding steroid dienone is 1. The molecular weight excluding hydrogens is 334 g/mol. The zero-order valence-corrected chi connectivity index (χ0v) is 16.7. The van der Waals surface area contributed by atoms with Crippen LogP contribution in [-0.4, -0.2) is 36.1 Å². The number of rotatable bonds is 6. The van der Waals surface area contributed by atoms with E-state index in [0.29, 0.717) is 18.4 Å². The number of nitrogens with zero attached hydrogens (tertiary/aromatic N) is 1. The molecular formula is C21H32ClNO2. The summed E-state index contributed by atoms with van der Waals surface area (Å²) in [6.07, 6.45) is 4.46. The largest absolute Gasteiger partial charge is 0.462 e. The predicted molar refractivity (Wildman–Crippen MR) is 106 cm³/mol. The van der Waals surface area contributed by atoms with E-state index in [1.54, 1.807) is 0 Å². The second-order valence-electron chi connectivity index (χ2n) is 7.31. The van der Waals surface area contributed by atoms with Gasteiger partial charge in [0.15, 0.2) is 0 Å². The van der Waals surface area contributed by atoms with Crippen molar-refractivity contribution < 1.29 is 9.53 Å². The number of hydrogen-bond donors (Lipinski definition) is 0. The maximum absolute atomic E-state index is 12.2. The van der Waals surface area contributed by atoms with E-state index in [1.807, 2.05) is 18.2 Å². The molecule has 4 heteroatoms. The molecule has 0 saturated carbocycles. The average molecular weight is 366 g/mol. The highest BCUT2D eigenvalue weighted by Crippen LogP contribution is 2.25. The van der Waals surface area contributed by atoms with Gasteiger partial charge >= 0.3 is 5.97 Å². The van der Waals surface area contributed by atoms with Gasteiger partial charge in [0.05, 0.1) is 0 Å². The van der Waals surface area contributed by atoms with Crippen molar-refractivity contribution in [1.82, 2.24) is 4.90 Å². The summed E-state index contributed by atoms with van der Waals surface area (Å²) >= 11 is 0. The minimum atomic E-state index is -0.0688. The fourth-order valence-electron chi connectivity index (χ4n) is 3.22. The van der Waals surface area contributed by atoms with Crippen LogP contribution in [0.15, 0.2) is 42.0 Å². The van der Waals surface area contributed by atoms with Crippen molar-refractivity contribution in [3.63, 3.8) is 0 Å². The quantitative estimate of drug-likeness (QED) is 0.543. The van der Waals surface area contributed by atoms with Gasteiger partial charge in [-0.15, -0.1) is 12.4 Å². The summed E-state index contributed by atoms with van der Waals surface area (Å²) in [4.78, 5) is 14.7. The Hall–Kier alpha value is -1.32. The first-order valence-corrected chi connectivity index (χ1v) is 9.06. The lowest BCUT2D eigenvalue weighted by atomic mass is 9.91. The molecule has 0 bridgehead atoms. The third-order valence-electron chi connectivity index (χ3n) is 4.83. The molecule has 1 fully saturated rings. The number of halogens is 1. The molecule has 3 unspecified atom stereocenters. The third-order valence-corrected chi connectivity index (χ3v) is 4.83. The number of carbonyl (C=O) groups excluding carboxylic acids is 1. The maximum Gasteiger partial charge on any atom is 0.306 e. The number of esters is 1. The van der Waals surface area contributed by atoms with Gasteiger partial charge in [-0.3, -0.25) is 9.69 Å². The Morgan fingerprint density at radius 1 is 1.24 bits per heavy atom. The van der Waals surface area contributed by atoms with Crippen molar-refractivity contribution in [3.8, 4) is 0 Å². The van der Waals surface area contributed by atoms with Gasteiger partial charge in [-0.25, -0.2) is 0 Å². The standard InChI is InChI=1S/C21H31NO2.ClH/c1-16(2)12-13-22-15-17(3)20(14-18(22)4)24-21(23)11-10-19-8-6-5-7-9-19;/h5-9,12,17-18,20H,10-11,13-15H2,1-4H3;1H. The Morgan fingerprint density at radius 3 is 2.56 bits per heavy atom. The highest BCUT2D eigenvalue weighted by atomic mass is 35.5. The molecule has 0 amide bonds. The summed E-state index contributed by atoms with van der Waals surface area (Å²) < 4.78 is 5.79. The van der Waals surface area contributed by atoms with Crippen LogP contribution in [0, 0.1) is 5.92 Å². The predicted octanol–water partition coefficient (Wildman–Crippen LogP) is 4.65. The molecule has 0 aromatic heterocycles. The highest BCUT2D eigenvalue weighted by Gasteiger charge is 2.32. The van der Waals surface area contributed by atoms with Crippen LogP contribution in [0.4, 0.5) is 0 Å². The van der Waals surface area contributed by atoms with Gasteiger partial charge in [0, 0.05) is 31.5 Å². The fraction of sp³-hybridized carbons (Fsp3) is 0.571. The van der Waals surface area contributed by atoms with Crippen LogP contribution in [-0.2, 0) is 16.0 Å². The third kappa shape index (κ3) is 7.21. The molecule has 3 nitrogen and oxygen atoms in total. The van der Waals surface area contributed by atoms with Crippen LogP contribution in [0.25, 0.3) is 0 Å². The van der Waals surface area contributed by atoms with Gasteiger partial charge < -0.3 is 4.74 Å². The number of benzene rings is 1. The van der Waals surface area contributed by atoms with Gasteiger partial charge in [0.25, 0.3) is 0 Å². The van der Waals surface area contributed by atoms with E-state index in [0.717, 1.165) is 25.9 Å². The van der Waals surface area contributed by atoms with Crippen molar-refractivity contribution in [2.45, 2.75) is 59.1 Å². The molecule has 1 aromatic rings. The van der Waals surface area contributed by atoms with Gasteiger partial charge in [-0.2, -0.15) is 0 Å². The molecule has 1 heterocycles. The zero-order chi connectivity index (χ0) is 17.5. The van der Waals surface area contributed by atoms with E-state index in [4.69, 9.17) is 4.74 Å². The molecule has 0 spiro atoms. The first kappa shape index (κ1) is 21.7. The van der Waals surface area contributed by atoms with Crippen LogP contribution >= 0.6 is 12.4 Å².